The van der Waals surface area contributed by atoms with Gasteiger partial charge < -0.3 is 4.52 Å². The lowest BCUT2D eigenvalue weighted by Crippen LogP contribution is -2.43. The zero-order valence-corrected chi connectivity index (χ0v) is 19.4. The van der Waals surface area contributed by atoms with Gasteiger partial charge >= 0.3 is 0 Å². The minimum atomic E-state index is 0.250. The number of rotatable bonds is 5. The number of allylic oxidation sites excluding steroid dienone is 1. The van der Waals surface area contributed by atoms with Gasteiger partial charge in [0.15, 0.2) is 0 Å². The van der Waals surface area contributed by atoms with E-state index in [1.807, 2.05) is 17.5 Å². The van der Waals surface area contributed by atoms with E-state index < -0.39 is 0 Å². The molecule has 4 saturated carbocycles. The number of aromatic nitrogens is 3. The third-order valence-electron chi connectivity index (χ3n) is 7.59. The fraction of sp³-hybridized carbons (Fsp3) is 0.458. The normalized spacial score (nSPS) is 27.9. The Balaban J connectivity index is 1.33. The molecule has 7 rings (SSSR count). The molecule has 0 atom stereocenters. The molecule has 0 N–H and O–H groups in total. The highest BCUT2D eigenvalue weighted by molar-refractivity contribution is 7.09. The van der Waals surface area contributed by atoms with E-state index in [0.717, 1.165) is 29.9 Å². The van der Waals surface area contributed by atoms with E-state index in [9.17, 15) is 0 Å². The second-order valence-corrected chi connectivity index (χ2v) is 11.1. The van der Waals surface area contributed by atoms with Crippen LogP contribution < -0.4 is 0 Å². The molecule has 0 aromatic carbocycles. The molecule has 0 unspecified atom stereocenters. The molecule has 4 nitrogen and oxygen atoms in total. The van der Waals surface area contributed by atoms with E-state index in [2.05, 4.69) is 32.7 Å². The van der Waals surface area contributed by atoms with E-state index in [-0.39, 0.29) is 5.41 Å². The molecule has 3 heterocycles. The van der Waals surface area contributed by atoms with Gasteiger partial charge in [0.25, 0.3) is 0 Å². The average Bonchev–Trinajstić information content (AvgIpc) is 3.31. The van der Waals surface area contributed by atoms with Crippen LogP contribution in [0.4, 0.5) is 0 Å². The highest BCUT2D eigenvalue weighted by Crippen LogP contribution is 2.59. The van der Waals surface area contributed by atoms with Gasteiger partial charge in [0, 0.05) is 46.4 Å². The smallest absolute Gasteiger partial charge is 0.147 e. The van der Waals surface area contributed by atoms with Crippen LogP contribution in [0.3, 0.4) is 0 Å². The number of pyridine rings is 1. The Morgan fingerprint density at radius 3 is 2.35 bits per heavy atom. The molecule has 7 heteroatoms. The van der Waals surface area contributed by atoms with E-state index in [1.54, 1.807) is 12.4 Å². The molecule has 0 radical (unpaired) electrons. The molecule has 0 amide bonds. The predicted molar refractivity (Wildman–Crippen MR) is 125 cm³/mol. The maximum absolute atomic E-state index is 6.46. The number of fused-ring (bicyclic) bond motifs is 3. The zero-order valence-electron chi connectivity index (χ0n) is 17.1. The highest BCUT2D eigenvalue weighted by atomic mass is 35.5. The second kappa shape index (κ2) is 7.43. The van der Waals surface area contributed by atoms with E-state index >= 15 is 0 Å². The van der Waals surface area contributed by atoms with Crippen LogP contribution in [0.25, 0.3) is 17.3 Å². The SMILES string of the molecule is Clc1cncc(Cl)c1-c1noc(C2CC2)c1/C=C/C12CCC(c3nccs3)(CC1)CC2. The van der Waals surface area contributed by atoms with Crippen LogP contribution in [-0.4, -0.2) is 15.1 Å². The molecule has 160 valence electrons. The first-order valence-electron chi connectivity index (χ1n) is 11.0. The standard InChI is InChI=1S/C24H23Cl2N3OS/c25-17-13-27-14-18(26)19(17)20-16(21(30-29-20)15-1-2-15)3-4-23-5-8-24(9-6-23,10-7-23)22-28-11-12-31-22/h3-4,11-15H,1-2,5-10H2/b4-3+. The van der Waals surface area contributed by atoms with Crippen molar-refractivity contribution in [3.63, 3.8) is 0 Å². The lowest BCUT2D eigenvalue weighted by molar-refractivity contribution is 0.0794. The molecule has 3 aromatic rings. The number of thiazole rings is 1. The third kappa shape index (κ3) is 3.37. The van der Waals surface area contributed by atoms with Gasteiger partial charge in [0.1, 0.15) is 11.5 Å². The van der Waals surface area contributed by atoms with Crippen molar-refractivity contribution in [2.24, 2.45) is 5.41 Å². The number of hydrogen-bond acceptors (Lipinski definition) is 5. The molecule has 0 saturated heterocycles. The average molecular weight is 472 g/mol. The summed E-state index contributed by atoms with van der Waals surface area (Å²) in [5.74, 6) is 1.42. The van der Waals surface area contributed by atoms with Crippen LogP contribution in [-0.2, 0) is 5.41 Å². The molecule has 0 spiro atoms. The van der Waals surface area contributed by atoms with Gasteiger partial charge in [-0.1, -0.05) is 40.5 Å². The predicted octanol–water partition coefficient (Wildman–Crippen LogP) is 7.68. The number of nitrogens with zero attached hydrogens (tertiary/aromatic N) is 3. The van der Waals surface area contributed by atoms with Gasteiger partial charge in [-0.15, -0.1) is 11.3 Å². The first-order chi connectivity index (χ1) is 15.1. The third-order valence-corrected chi connectivity index (χ3v) is 9.18. The lowest BCUT2D eigenvalue weighted by Gasteiger charge is -2.51. The Kier molecular flexibility index (Phi) is 4.78. The number of hydrogen-bond donors (Lipinski definition) is 0. The molecular formula is C24H23Cl2N3OS. The van der Waals surface area contributed by atoms with Crippen molar-refractivity contribution in [2.45, 2.75) is 62.7 Å². The number of halogens is 2. The van der Waals surface area contributed by atoms with Crippen LogP contribution in [0, 0.1) is 5.41 Å². The topological polar surface area (TPSA) is 51.8 Å². The summed E-state index contributed by atoms with van der Waals surface area (Å²) in [6.07, 6.45) is 19.4. The minimum Gasteiger partial charge on any atom is -0.360 e. The van der Waals surface area contributed by atoms with Crippen molar-refractivity contribution in [1.29, 1.82) is 0 Å². The van der Waals surface area contributed by atoms with Crippen molar-refractivity contribution in [3.8, 4) is 11.3 Å². The maximum Gasteiger partial charge on any atom is 0.147 e. The van der Waals surface area contributed by atoms with Crippen LogP contribution in [0.15, 0.2) is 34.6 Å². The van der Waals surface area contributed by atoms with E-state index in [4.69, 9.17) is 27.7 Å². The van der Waals surface area contributed by atoms with Gasteiger partial charge in [0.05, 0.1) is 15.1 Å². The van der Waals surface area contributed by atoms with Crippen LogP contribution >= 0.6 is 34.5 Å². The maximum atomic E-state index is 6.46. The van der Waals surface area contributed by atoms with Gasteiger partial charge in [-0.05, 0) is 56.8 Å². The van der Waals surface area contributed by atoms with Crippen LogP contribution in [0.1, 0.15) is 73.6 Å². The molecule has 0 aliphatic heterocycles. The van der Waals surface area contributed by atoms with Crippen molar-refractivity contribution in [1.82, 2.24) is 15.1 Å². The zero-order chi connectivity index (χ0) is 21.1. The van der Waals surface area contributed by atoms with Crippen molar-refractivity contribution >= 4 is 40.6 Å². The summed E-state index contributed by atoms with van der Waals surface area (Å²) in [6.45, 7) is 0. The van der Waals surface area contributed by atoms with Crippen molar-refractivity contribution < 1.29 is 4.52 Å². The van der Waals surface area contributed by atoms with Gasteiger partial charge in [-0.25, -0.2) is 4.98 Å². The quantitative estimate of drug-likeness (QED) is 0.382. The first-order valence-corrected chi connectivity index (χ1v) is 12.6. The largest absolute Gasteiger partial charge is 0.360 e. The summed E-state index contributed by atoms with van der Waals surface area (Å²) in [4.78, 5) is 8.75. The van der Waals surface area contributed by atoms with Gasteiger partial charge in [-0.3, -0.25) is 4.98 Å². The Bertz CT molecular complexity index is 1110. The Morgan fingerprint density at radius 1 is 1.03 bits per heavy atom. The van der Waals surface area contributed by atoms with Crippen LogP contribution in [0.5, 0.6) is 0 Å². The molecule has 2 bridgehead atoms. The summed E-state index contributed by atoms with van der Waals surface area (Å²) in [7, 11) is 0. The summed E-state index contributed by atoms with van der Waals surface area (Å²) in [5.41, 5.74) is 3.04. The van der Waals surface area contributed by atoms with E-state index in [1.165, 1.54) is 43.5 Å². The molecule has 4 fully saturated rings. The Hall–Kier alpha value is -1.69. The molecule has 3 aromatic heterocycles. The highest BCUT2D eigenvalue weighted by Gasteiger charge is 2.49. The van der Waals surface area contributed by atoms with Gasteiger partial charge in [0.2, 0.25) is 0 Å². The fourth-order valence-corrected chi connectivity index (χ4v) is 6.93. The summed E-state index contributed by atoms with van der Waals surface area (Å²) < 4.78 is 5.82. The summed E-state index contributed by atoms with van der Waals surface area (Å²) in [6, 6.07) is 0. The Morgan fingerprint density at radius 2 is 1.74 bits per heavy atom. The molecular weight excluding hydrogens is 449 g/mol. The Labute approximate surface area is 195 Å². The van der Waals surface area contributed by atoms with Crippen molar-refractivity contribution in [3.05, 3.63) is 56.4 Å². The molecule has 31 heavy (non-hydrogen) atoms. The summed E-state index contributed by atoms with van der Waals surface area (Å²) in [5, 5.41) is 8.86. The molecule has 4 aliphatic carbocycles. The summed E-state index contributed by atoms with van der Waals surface area (Å²) >= 11 is 14.7. The van der Waals surface area contributed by atoms with Crippen LogP contribution in [0.2, 0.25) is 10.0 Å². The van der Waals surface area contributed by atoms with Crippen molar-refractivity contribution in [2.75, 3.05) is 0 Å². The second-order valence-electron chi connectivity index (χ2n) is 9.37. The first kappa shape index (κ1) is 20.0. The monoisotopic (exact) mass is 471 g/mol. The van der Waals surface area contributed by atoms with E-state index in [0.29, 0.717) is 26.9 Å². The fourth-order valence-electron chi connectivity index (χ4n) is 5.46. The lowest BCUT2D eigenvalue weighted by atomic mass is 9.54. The minimum absolute atomic E-state index is 0.250. The molecule has 4 aliphatic rings. The van der Waals surface area contributed by atoms with Gasteiger partial charge in [-0.2, -0.15) is 0 Å².